The zero-order chi connectivity index (χ0) is 9.56. The summed E-state index contributed by atoms with van der Waals surface area (Å²) in [6, 6.07) is 0. The van der Waals surface area contributed by atoms with Crippen molar-refractivity contribution in [2.75, 3.05) is 47.9 Å². The maximum absolute atomic E-state index is 9.25. The number of likely N-dealkylation sites (N-methyl/N-ethyl adjacent to an activating group) is 2. The highest BCUT2D eigenvalue weighted by atomic mass is 16.6. The Hall–Kier alpha value is -0.160. The Balaban J connectivity index is 3.25. The van der Waals surface area contributed by atoms with Crippen molar-refractivity contribution in [1.29, 1.82) is 0 Å². The first-order valence-electron chi connectivity index (χ1n) is 4.11. The first kappa shape index (κ1) is 11.8. The van der Waals surface area contributed by atoms with Crippen molar-refractivity contribution in [2.45, 2.75) is 6.29 Å². The quantitative estimate of drug-likeness (QED) is 0.551. The highest BCUT2D eigenvalue weighted by molar-refractivity contribution is 4.47. The number of rotatable bonds is 6. The van der Waals surface area contributed by atoms with Crippen LogP contribution >= 0.6 is 0 Å². The van der Waals surface area contributed by atoms with E-state index < -0.39 is 6.29 Å². The summed E-state index contributed by atoms with van der Waals surface area (Å²) in [5, 5.41) is 9.25. The predicted octanol–water partition coefficient (Wildman–Crippen LogP) is -0.555. The molecule has 0 aromatic carbocycles. The second-order valence-electron chi connectivity index (χ2n) is 3.39. The van der Waals surface area contributed by atoms with E-state index in [2.05, 4.69) is 0 Å². The SMILES string of the molecule is CN(C)CCOC(O)CN(C)C. The fraction of sp³-hybridized carbons (Fsp3) is 1.00. The molecule has 0 radical (unpaired) electrons. The molecule has 0 aliphatic carbocycles. The number of hydrogen-bond acceptors (Lipinski definition) is 4. The van der Waals surface area contributed by atoms with Gasteiger partial charge in [-0.25, -0.2) is 0 Å². The van der Waals surface area contributed by atoms with Crippen LogP contribution in [-0.4, -0.2) is 69.1 Å². The van der Waals surface area contributed by atoms with Crippen molar-refractivity contribution >= 4 is 0 Å². The van der Waals surface area contributed by atoms with Crippen molar-refractivity contribution < 1.29 is 9.84 Å². The zero-order valence-corrected chi connectivity index (χ0v) is 8.45. The minimum atomic E-state index is -0.667. The topological polar surface area (TPSA) is 35.9 Å². The van der Waals surface area contributed by atoms with Gasteiger partial charge in [-0.15, -0.1) is 0 Å². The molecule has 0 heterocycles. The van der Waals surface area contributed by atoms with E-state index in [4.69, 9.17) is 4.74 Å². The highest BCUT2D eigenvalue weighted by Gasteiger charge is 2.04. The van der Waals surface area contributed by atoms with Crippen molar-refractivity contribution in [3.8, 4) is 0 Å². The number of nitrogens with zero attached hydrogens (tertiary/aromatic N) is 2. The number of aliphatic hydroxyl groups excluding tert-OH is 1. The van der Waals surface area contributed by atoms with E-state index >= 15 is 0 Å². The van der Waals surface area contributed by atoms with Crippen LogP contribution in [0.1, 0.15) is 0 Å². The van der Waals surface area contributed by atoms with Gasteiger partial charge >= 0.3 is 0 Å². The fourth-order valence-electron chi connectivity index (χ4n) is 0.736. The van der Waals surface area contributed by atoms with Gasteiger partial charge in [-0.2, -0.15) is 0 Å². The molecule has 4 nitrogen and oxygen atoms in total. The summed E-state index contributed by atoms with van der Waals surface area (Å²) in [6.45, 7) is 1.96. The summed E-state index contributed by atoms with van der Waals surface area (Å²) < 4.78 is 5.14. The molecule has 4 heteroatoms. The standard InChI is InChI=1S/C8H20N2O2/c1-9(2)5-6-12-8(11)7-10(3)4/h8,11H,5-7H2,1-4H3. The van der Waals surface area contributed by atoms with Crippen LogP contribution in [0.15, 0.2) is 0 Å². The van der Waals surface area contributed by atoms with E-state index in [0.717, 1.165) is 6.54 Å². The molecule has 1 unspecified atom stereocenters. The van der Waals surface area contributed by atoms with Gasteiger partial charge < -0.3 is 19.6 Å². The van der Waals surface area contributed by atoms with Gasteiger partial charge in [-0.3, -0.25) is 0 Å². The second kappa shape index (κ2) is 6.37. The van der Waals surface area contributed by atoms with Crippen LogP contribution in [-0.2, 0) is 4.74 Å². The largest absolute Gasteiger partial charge is 0.367 e. The third-order valence-electron chi connectivity index (χ3n) is 1.37. The first-order chi connectivity index (χ1) is 5.52. The maximum Gasteiger partial charge on any atom is 0.167 e. The lowest BCUT2D eigenvalue weighted by atomic mass is 10.5. The molecule has 74 valence electrons. The van der Waals surface area contributed by atoms with Crippen molar-refractivity contribution in [1.82, 2.24) is 9.80 Å². The minimum Gasteiger partial charge on any atom is -0.367 e. The molecule has 0 spiro atoms. The highest BCUT2D eigenvalue weighted by Crippen LogP contribution is 1.89. The van der Waals surface area contributed by atoms with Crippen LogP contribution in [0, 0.1) is 0 Å². The molecule has 12 heavy (non-hydrogen) atoms. The summed E-state index contributed by atoms with van der Waals surface area (Å²) in [4.78, 5) is 3.91. The average molecular weight is 176 g/mol. The van der Waals surface area contributed by atoms with Gasteiger partial charge in [0.15, 0.2) is 6.29 Å². The van der Waals surface area contributed by atoms with E-state index in [9.17, 15) is 5.11 Å². The van der Waals surface area contributed by atoms with E-state index in [-0.39, 0.29) is 0 Å². The molecule has 0 aromatic rings. The molecular formula is C8H20N2O2. The summed E-state index contributed by atoms with van der Waals surface area (Å²) in [5.74, 6) is 0. The lowest BCUT2D eigenvalue weighted by molar-refractivity contribution is -0.110. The Morgan fingerprint density at radius 3 is 2.17 bits per heavy atom. The van der Waals surface area contributed by atoms with Crippen LogP contribution in [0.25, 0.3) is 0 Å². The lowest BCUT2D eigenvalue weighted by Gasteiger charge is -2.17. The zero-order valence-electron chi connectivity index (χ0n) is 8.45. The number of hydrogen-bond donors (Lipinski definition) is 1. The molecule has 0 rings (SSSR count). The maximum atomic E-state index is 9.25. The smallest absolute Gasteiger partial charge is 0.167 e. The van der Waals surface area contributed by atoms with Gasteiger partial charge in [-0.1, -0.05) is 0 Å². The summed E-state index contributed by atoms with van der Waals surface area (Å²) in [7, 11) is 7.75. The number of ether oxygens (including phenoxy) is 1. The Morgan fingerprint density at radius 1 is 1.17 bits per heavy atom. The van der Waals surface area contributed by atoms with Crippen molar-refractivity contribution in [2.24, 2.45) is 0 Å². The van der Waals surface area contributed by atoms with Gasteiger partial charge in [0, 0.05) is 13.1 Å². The predicted molar refractivity (Wildman–Crippen MR) is 49.1 cm³/mol. The Morgan fingerprint density at radius 2 is 1.75 bits per heavy atom. The third-order valence-corrected chi connectivity index (χ3v) is 1.37. The summed E-state index contributed by atoms with van der Waals surface area (Å²) >= 11 is 0. The monoisotopic (exact) mass is 176 g/mol. The molecule has 1 N–H and O–H groups in total. The van der Waals surface area contributed by atoms with Crippen LogP contribution < -0.4 is 0 Å². The van der Waals surface area contributed by atoms with Gasteiger partial charge in [-0.05, 0) is 28.2 Å². The van der Waals surface area contributed by atoms with E-state index in [0.29, 0.717) is 13.2 Å². The van der Waals surface area contributed by atoms with Crippen LogP contribution in [0.4, 0.5) is 0 Å². The third kappa shape index (κ3) is 7.94. The van der Waals surface area contributed by atoms with Gasteiger partial charge in [0.05, 0.1) is 6.61 Å². The summed E-state index contributed by atoms with van der Waals surface area (Å²) in [5.41, 5.74) is 0. The van der Waals surface area contributed by atoms with E-state index in [1.54, 1.807) is 0 Å². The Bertz CT molecular complexity index is 107. The Labute approximate surface area is 74.7 Å². The fourth-order valence-corrected chi connectivity index (χ4v) is 0.736. The van der Waals surface area contributed by atoms with E-state index in [1.807, 2.05) is 38.0 Å². The number of aliphatic hydroxyl groups is 1. The van der Waals surface area contributed by atoms with Gasteiger partial charge in [0.2, 0.25) is 0 Å². The molecule has 0 amide bonds. The Kier molecular flexibility index (Phi) is 6.28. The molecule has 0 saturated carbocycles. The van der Waals surface area contributed by atoms with Crippen LogP contribution in [0.5, 0.6) is 0 Å². The lowest BCUT2D eigenvalue weighted by Crippen LogP contribution is -2.30. The van der Waals surface area contributed by atoms with Crippen LogP contribution in [0.2, 0.25) is 0 Å². The first-order valence-corrected chi connectivity index (χ1v) is 4.11. The molecular weight excluding hydrogens is 156 g/mol. The van der Waals surface area contributed by atoms with Crippen LogP contribution in [0.3, 0.4) is 0 Å². The molecule has 0 aromatic heterocycles. The molecule has 0 fully saturated rings. The molecule has 0 aliphatic rings. The van der Waals surface area contributed by atoms with Crippen molar-refractivity contribution in [3.63, 3.8) is 0 Å². The second-order valence-corrected chi connectivity index (χ2v) is 3.39. The molecule has 1 atom stereocenters. The van der Waals surface area contributed by atoms with Gasteiger partial charge in [0.1, 0.15) is 0 Å². The van der Waals surface area contributed by atoms with E-state index in [1.165, 1.54) is 0 Å². The van der Waals surface area contributed by atoms with Crippen molar-refractivity contribution in [3.05, 3.63) is 0 Å². The van der Waals surface area contributed by atoms with Gasteiger partial charge in [0.25, 0.3) is 0 Å². The average Bonchev–Trinajstić information content (AvgIpc) is 1.84. The minimum absolute atomic E-state index is 0.549. The molecule has 0 aliphatic heterocycles. The molecule has 0 bridgehead atoms. The summed E-state index contributed by atoms with van der Waals surface area (Å²) in [6.07, 6.45) is -0.667. The normalized spacial score (nSPS) is 14.2. The molecule has 0 saturated heterocycles.